The monoisotopic (exact) mass is 287 g/mol. The molecule has 2 aromatic carbocycles. The lowest BCUT2D eigenvalue weighted by molar-refractivity contribution is 0.977. The zero-order chi connectivity index (χ0) is 13.5. The SMILES string of the molecule is N#CCC(SCc1ccccc1Cl)c1ccccc1. The molecule has 1 nitrogen and oxygen atoms in total. The molecule has 0 aliphatic rings. The summed E-state index contributed by atoms with van der Waals surface area (Å²) in [6, 6.07) is 20.3. The Morgan fingerprint density at radius 2 is 1.74 bits per heavy atom. The molecule has 0 aliphatic heterocycles. The highest BCUT2D eigenvalue weighted by molar-refractivity contribution is 7.98. The average molecular weight is 288 g/mol. The third-order valence-corrected chi connectivity index (χ3v) is 4.53. The van der Waals surface area contributed by atoms with Crippen LogP contribution < -0.4 is 0 Å². The standard InChI is InChI=1S/C16H14ClNS/c17-15-9-5-4-8-14(15)12-19-16(10-11-18)13-6-2-1-3-7-13/h1-9,16H,10,12H2. The number of halogens is 1. The summed E-state index contributed by atoms with van der Waals surface area (Å²) in [6.45, 7) is 0. The van der Waals surface area contributed by atoms with Gasteiger partial charge in [-0.3, -0.25) is 0 Å². The van der Waals surface area contributed by atoms with Gasteiger partial charge in [0.05, 0.1) is 12.5 Å². The van der Waals surface area contributed by atoms with Crippen LogP contribution in [0, 0.1) is 11.3 Å². The van der Waals surface area contributed by atoms with E-state index in [1.807, 2.05) is 42.5 Å². The van der Waals surface area contributed by atoms with Crippen LogP contribution in [0.5, 0.6) is 0 Å². The predicted molar refractivity (Wildman–Crippen MR) is 82.2 cm³/mol. The second-order valence-electron chi connectivity index (χ2n) is 4.16. The first-order valence-electron chi connectivity index (χ1n) is 6.08. The third-order valence-electron chi connectivity index (χ3n) is 2.85. The second kappa shape index (κ2) is 7.23. The van der Waals surface area contributed by atoms with Gasteiger partial charge in [0, 0.05) is 16.0 Å². The molecule has 0 radical (unpaired) electrons. The van der Waals surface area contributed by atoms with Gasteiger partial charge in [0.15, 0.2) is 0 Å². The lowest BCUT2D eigenvalue weighted by Gasteiger charge is -2.14. The van der Waals surface area contributed by atoms with Crippen molar-refractivity contribution in [1.82, 2.24) is 0 Å². The zero-order valence-electron chi connectivity index (χ0n) is 10.4. The van der Waals surface area contributed by atoms with Crippen molar-refractivity contribution in [3.8, 4) is 6.07 Å². The van der Waals surface area contributed by atoms with E-state index in [0.717, 1.165) is 16.3 Å². The van der Waals surface area contributed by atoms with Gasteiger partial charge in [-0.05, 0) is 17.2 Å². The van der Waals surface area contributed by atoms with Crippen molar-refractivity contribution in [2.45, 2.75) is 17.4 Å². The van der Waals surface area contributed by atoms with E-state index in [2.05, 4.69) is 18.2 Å². The maximum absolute atomic E-state index is 8.96. The molecule has 2 rings (SSSR count). The van der Waals surface area contributed by atoms with Crippen LogP contribution in [0.3, 0.4) is 0 Å². The number of hydrogen-bond donors (Lipinski definition) is 0. The van der Waals surface area contributed by atoms with Gasteiger partial charge in [0.1, 0.15) is 0 Å². The van der Waals surface area contributed by atoms with Crippen molar-refractivity contribution >= 4 is 23.4 Å². The Morgan fingerprint density at radius 1 is 1.05 bits per heavy atom. The molecule has 0 amide bonds. The first-order valence-corrected chi connectivity index (χ1v) is 7.51. The maximum Gasteiger partial charge on any atom is 0.0636 e. The van der Waals surface area contributed by atoms with Crippen LogP contribution in [-0.2, 0) is 5.75 Å². The summed E-state index contributed by atoms with van der Waals surface area (Å²) in [5, 5.41) is 9.95. The predicted octanol–water partition coefficient (Wildman–Crippen LogP) is 5.23. The molecule has 1 atom stereocenters. The summed E-state index contributed by atoms with van der Waals surface area (Å²) >= 11 is 7.91. The Labute approximate surface area is 123 Å². The first-order chi connectivity index (χ1) is 9.31. The van der Waals surface area contributed by atoms with E-state index in [4.69, 9.17) is 16.9 Å². The molecule has 1 unspecified atom stereocenters. The second-order valence-corrected chi connectivity index (χ2v) is 5.76. The van der Waals surface area contributed by atoms with E-state index in [0.29, 0.717) is 6.42 Å². The summed E-state index contributed by atoms with van der Waals surface area (Å²) in [6.07, 6.45) is 0.513. The van der Waals surface area contributed by atoms with Crippen LogP contribution in [0.1, 0.15) is 22.8 Å². The maximum atomic E-state index is 8.96. The Bertz CT molecular complexity index is 562. The van der Waals surface area contributed by atoms with Crippen LogP contribution in [0.15, 0.2) is 54.6 Å². The zero-order valence-corrected chi connectivity index (χ0v) is 12.0. The molecule has 96 valence electrons. The topological polar surface area (TPSA) is 23.8 Å². The Hall–Kier alpha value is -1.43. The van der Waals surface area contributed by atoms with E-state index in [1.54, 1.807) is 11.8 Å². The highest BCUT2D eigenvalue weighted by Crippen LogP contribution is 2.35. The largest absolute Gasteiger partial charge is 0.198 e. The number of nitriles is 1. The van der Waals surface area contributed by atoms with E-state index < -0.39 is 0 Å². The first kappa shape index (κ1) is 14.0. The minimum absolute atomic E-state index is 0.197. The van der Waals surface area contributed by atoms with E-state index in [1.165, 1.54) is 5.56 Å². The molecule has 3 heteroatoms. The molecule has 0 heterocycles. The number of benzene rings is 2. The van der Waals surface area contributed by atoms with Crippen LogP contribution >= 0.6 is 23.4 Å². The quantitative estimate of drug-likeness (QED) is 0.752. The minimum Gasteiger partial charge on any atom is -0.198 e. The van der Waals surface area contributed by atoms with Crippen molar-refractivity contribution in [1.29, 1.82) is 5.26 Å². The number of nitrogens with zero attached hydrogens (tertiary/aromatic N) is 1. The fourth-order valence-electron chi connectivity index (χ4n) is 1.83. The van der Waals surface area contributed by atoms with E-state index in [9.17, 15) is 0 Å². The van der Waals surface area contributed by atoms with Crippen LogP contribution in [0.4, 0.5) is 0 Å². The van der Waals surface area contributed by atoms with Crippen molar-refractivity contribution in [3.63, 3.8) is 0 Å². The van der Waals surface area contributed by atoms with Gasteiger partial charge in [-0.2, -0.15) is 5.26 Å². The normalized spacial score (nSPS) is 11.8. The summed E-state index contributed by atoms with van der Waals surface area (Å²) in [5.41, 5.74) is 2.31. The van der Waals surface area contributed by atoms with Crippen molar-refractivity contribution < 1.29 is 0 Å². The van der Waals surface area contributed by atoms with E-state index in [-0.39, 0.29) is 5.25 Å². The van der Waals surface area contributed by atoms with Gasteiger partial charge < -0.3 is 0 Å². The number of hydrogen-bond acceptors (Lipinski definition) is 2. The fourth-order valence-corrected chi connectivity index (χ4v) is 3.29. The Kier molecular flexibility index (Phi) is 5.32. The smallest absolute Gasteiger partial charge is 0.0636 e. The van der Waals surface area contributed by atoms with Gasteiger partial charge in [-0.1, -0.05) is 60.1 Å². The molecule has 0 fully saturated rings. The summed E-state index contributed by atoms with van der Waals surface area (Å²) < 4.78 is 0. The highest BCUT2D eigenvalue weighted by atomic mass is 35.5. The molecule has 0 N–H and O–H groups in total. The van der Waals surface area contributed by atoms with E-state index >= 15 is 0 Å². The lowest BCUT2D eigenvalue weighted by Crippen LogP contribution is -1.94. The molecule has 0 bridgehead atoms. The van der Waals surface area contributed by atoms with Gasteiger partial charge in [0.2, 0.25) is 0 Å². The molecule has 0 aliphatic carbocycles. The summed E-state index contributed by atoms with van der Waals surface area (Å²) in [7, 11) is 0. The molecular weight excluding hydrogens is 274 g/mol. The molecular formula is C16H14ClNS. The highest BCUT2D eigenvalue weighted by Gasteiger charge is 2.12. The molecule has 0 spiro atoms. The fraction of sp³-hybridized carbons (Fsp3) is 0.188. The van der Waals surface area contributed by atoms with Gasteiger partial charge in [-0.15, -0.1) is 11.8 Å². The summed E-state index contributed by atoms with van der Waals surface area (Å²) in [5.74, 6) is 0.820. The molecule has 2 aromatic rings. The Morgan fingerprint density at radius 3 is 2.42 bits per heavy atom. The van der Waals surface area contributed by atoms with Crippen molar-refractivity contribution in [2.75, 3.05) is 0 Å². The van der Waals surface area contributed by atoms with Crippen LogP contribution in [-0.4, -0.2) is 0 Å². The summed E-state index contributed by atoms with van der Waals surface area (Å²) in [4.78, 5) is 0. The molecule has 0 aromatic heterocycles. The van der Waals surface area contributed by atoms with Gasteiger partial charge in [-0.25, -0.2) is 0 Å². The lowest BCUT2D eigenvalue weighted by atomic mass is 10.1. The van der Waals surface area contributed by atoms with Crippen LogP contribution in [0.2, 0.25) is 5.02 Å². The molecule has 0 saturated carbocycles. The number of rotatable bonds is 5. The Balaban J connectivity index is 2.07. The third kappa shape index (κ3) is 4.02. The molecule has 19 heavy (non-hydrogen) atoms. The van der Waals surface area contributed by atoms with Gasteiger partial charge >= 0.3 is 0 Å². The number of thioether (sulfide) groups is 1. The van der Waals surface area contributed by atoms with Crippen molar-refractivity contribution in [2.24, 2.45) is 0 Å². The minimum atomic E-state index is 0.197. The van der Waals surface area contributed by atoms with Crippen molar-refractivity contribution in [3.05, 3.63) is 70.7 Å². The molecule has 0 saturated heterocycles. The van der Waals surface area contributed by atoms with Gasteiger partial charge in [0.25, 0.3) is 0 Å². The van der Waals surface area contributed by atoms with Crippen LogP contribution in [0.25, 0.3) is 0 Å². The average Bonchev–Trinajstić information content (AvgIpc) is 2.46.